The van der Waals surface area contributed by atoms with Gasteiger partial charge in [-0.2, -0.15) is 0 Å². The van der Waals surface area contributed by atoms with Crippen LogP contribution < -0.4 is 10.4 Å². The van der Waals surface area contributed by atoms with Gasteiger partial charge in [-0.15, -0.1) is 0 Å². The second-order valence-corrected chi connectivity index (χ2v) is 15.6. The van der Waals surface area contributed by atoms with Crippen molar-refractivity contribution < 1.29 is 12.8 Å². The first-order chi connectivity index (χ1) is 15.2. The Bertz CT molecular complexity index is 1140. The number of rotatable bonds is 6. The molecule has 0 saturated carbocycles. The fourth-order valence-corrected chi connectivity index (χ4v) is 10.8. The van der Waals surface area contributed by atoms with Gasteiger partial charge < -0.3 is 4.43 Å². The average Bonchev–Trinajstić information content (AvgIpc) is 3.28. The van der Waals surface area contributed by atoms with Crippen LogP contribution >= 0.6 is 0 Å². The number of hydrogen-bond donors (Lipinski definition) is 0. The zero-order chi connectivity index (χ0) is 22.8. The first-order valence-electron chi connectivity index (χ1n) is 11.0. The molecule has 0 aromatic heterocycles. The maximum Gasteiger partial charge on any atom is 0.261 e. The lowest BCUT2D eigenvalue weighted by molar-refractivity contribution is 0.232. The monoisotopic (exact) mass is 462 g/mol. The topological polar surface area (TPSA) is 43.4 Å². The fraction of sp³-hybridized carbons (Fsp3) is 0.259. The number of sulfone groups is 1. The Morgan fingerprint density at radius 1 is 0.781 bits per heavy atom. The van der Waals surface area contributed by atoms with Crippen LogP contribution in [0.4, 0.5) is 0 Å². The molecule has 0 spiro atoms. The van der Waals surface area contributed by atoms with E-state index in [1.54, 1.807) is 24.3 Å². The van der Waals surface area contributed by atoms with Gasteiger partial charge in [0, 0.05) is 4.91 Å². The van der Waals surface area contributed by atoms with Crippen LogP contribution in [-0.2, 0) is 14.3 Å². The molecule has 1 unspecified atom stereocenters. The molecular formula is C27H30O3SSi. The van der Waals surface area contributed by atoms with E-state index in [9.17, 15) is 8.42 Å². The predicted octanol–water partition coefficient (Wildman–Crippen LogP) is 5.08. The lowest BCUT2D eigenvalue weighted by Gasteiger charge is -2.44. The van der Waals surface area contributed by atoms with Crippen LogP contribution in [0.3, 0.4) is 0 Å². The fourth-order valence-electron chi connectivity index (χ4n) is 4.64. The third-order valence-corrected chi connectivity index (χ3v) is 13.2. The lowest BCUT2D eigenvalue weighted by atomic mass is 10.2. The zero-order valence-corrected chi connectivity index (χ0v) is 20.7. The van der Waals surface area contributed by atoms with E-state index in [1.165, 1.54) is 10.4 Å². The van der Waals surface area contributed by atoms with Gasteiger partial charge in [-0.05, 0) is 46.5 Å². The summed E-state index contributed by atoms with van der Waals surface area (Å²) in [4.78, 5) is 0.809. The van der Waals surface area contributed by atoms with Crippen molar-refractivity contribution in [2.24, 2.45) is 0 Å². The molecule has 0 amide bonds. The summed E-state index contributed by atoms with van der Waals surface area (Å²) in [5.41, 5.74) is 0. The van der Waals surface area contributed by atoms with E-state index >= 15 is 0 Å². The quantitative estimate of drug-likeness (QED) is 0.480. The first kappa shape index (κ1) is 22.7. The number of hydrogen-bond acceptors (Lipinski definition) is 3. The van der Waals surface area contributed by atoms with Gasteiger partial charge in [0.1, 0.15) is 0 Å². The summed E-state index contributed by atoms with van der Waals surface area (Å²) in [6, 6.07) is 29.6. The Morgan fingerprint density at radius 2 is 1.25 bits per heavy atom. The zero-order valence-electron chi connectivity index (χ0n) is 18.9. The van der Waals surface area contributed by atoms with Crippen LogP contribution in [-0.4, -0.2) is 22.8 Å². The molecule has 0 bridgehead atoms. The van der Waals surface area contributed by atoms with Gasteiger partial charge in [-0.25, -0.2) is 8.42 Å². The van der Waals surface area contributed by atoms with Gasteiger partial charge in [0.2, 0.25) is 9.84 Å². The Kier molecular flexibility index (Phi) is 6.25. The molecule has 0 aliphatic heterocycles. The highest BCUT2D eigenvalue weighted by Gasteiger charge is 2.51. The van der Waals surface area contributed by atoms with E-state index in [2.05, 4.69) is 69.3 Å². The van der Waals surface area contributed by atoms with Crippen molar-refractivity contribution in [2.45, 2.75) is 49.7 Å². The molecule has 0 fully saturated rings. The molecule has 1 aliphatic rings. The molecule has 1 atom stereocenters. The van der Waals surface area contributed by atoms with Crippen LogP contribution in [0, 0.1) is 0 Å². The van der Waals surface area contributed by atoms with E-state index in [1.807, 2.05) is 24.3 Å². The van der Waals surface area contributed by atoms with Gasteiger partial charge >= 0.3 is 0 Å². The summed E-state index contributed by atoms with van der Waals surface area (Å²) < 4.78 is 33.4. The summed E-state index contributed by atoms with van der Waals surface area (Å²) in [6.45, 7) is 6.71. The van der Waals surface area contributed by atoms with Crippen molar-refractivity contribution >= 4 is 28.5 Å². The SMILES string of the molecule is CC(C)(C)[Si](OC1C=C(S(=O)(=O)c2ccccc2)CC1)(c1ccccc1)c1ccccc1. The Morgan fingerprint density at radius 3 is 1.72 bits per heavy atom. The van der Waals surface area contributed by atoms with Crippen molar-refractivity contribution in [3.05, 3.63) is 102 Å². The van der Waals surface area contributed by atoms with Crippen LogP contribution in [0.25, 0.3) is 0 Å². The van der Waals surface area contributed by atoms with Gasteiger partial charge in [0.25, 0.3) is 8.32 Å². The molecule has 3 nitrogen and oxygen atoms in total. The third kappa shape index (κ3) is 4.12. The van der Waals surface area contributed by atoms with Crippen molar-refractivity contribution in [3.63, 3.8) is 0 Å². The van der Waals surface area contributed by atoms with E-state index in [4.69, 9.17) is 4.43 Å². The third-order valence-electron chi connectivity index (χ3n) is 6.19. The average molecular weight is 463 g/mol. The highest BCUT2D eigenvalue weighted by molar-refractivity contribution is 7.95. The van der Waals surface area contributed by atoms with Gasteiger partial charge in [0.15, 0.2) is 0 Å². The molecule has 3 aromatic rings. The number of allylic oxidation sites excluding steroid dienone is 1. The van der Waals surface area contributed by atoms with Gasteiger partial charge in [-0.3, -0.25) is 0 Å². The molecule has 0 heterocycles. The highest BCUT2D eigenvalue weighted by atomic mass is 32.2. The molecule has 4 rings (SSSR count). The molecule has 5 heteroatoms. The minimum Gasteiger partial charge on any atom is -0.401 e. The summed E-state index contributed by atoms with van der Waals surface area (Å²) in [5.74, 6) is 0. The summed E-state index contributed by atoms with van der Waals surface area (Å²) in [5, 5.41) is 2.25. The molecule has 0 saturated heterocycles. The molecule has 0 radical (unpaired) electrons. The summed E-state index contributed by atoms with van der Waals surface area (Å²) in [6.07, 6.45) is 2.78. The first-order valence-corrected chi connectivity index (χ1v) is 14.4. The standard InChI is InChI=1S/C27H30O3SSi/c1-27(2,3)32(25-15-9-5-10-16-25,26-17-11-6-12-18-26)30-22-19-20-24(21-22)31(28,29)23-13-7-4-8-14-23/h4-18,21-22H,19-20H2,1-3H3. The van der Waals surface area contributed by atoms with Crippen molar-refractivity contribution in [1.29, 1.82) is 0 Å². The van der Waals surface area contributed by atoms with E-state index in [-0.39, 0.29) is 11.1 Å². The van der Waals surface area contributed by atoms with Gasteiger partial charge in [-0.1, -0.05) is 99.6 Å². The lowest BCUT2D eigenvalue weighted by Crippen LogP contribution is -2.67. The van der Waals surface area contributed by atoms with Crippen molar-refractivity contribution in [1.82, 2.24) is 0 Å². The van der Waals surface area contributed by atoms with Crippen molar-refractivity contribution in [3.8, 4) is 0 Å². The van der Waals surface area contributed by atoms with Crippen LogP contribution in [0.15, 0.2) is 107 Å². The molecule has 166 valence electrons. The molecule has 3 aromatic carbocycles. The largest absolute Gasteiger partial charge is 0.401 e. The molecule has 32 heavy (non-hydrogen) atoms. The predicted molar refractivity (Wildman–Crippen MR) is 133 cm³/mol. The van der Waals surface area contributed by atoms with Crippen molar-refractivity contribution in [2.75, 3.05) is 0 Å². The van der Waals surface area contributed by atoms with E-state index in [0.29, 0.717) is 22.6 Å². The van der Waals surface area contributed by atoms with Crippen LogP contribution in [0.1, 0.15) is 33.6 Å². The second kappa shape index (κ2) is 8.81. The number of benzene rings is 3. The summed E-state index contributed by atoms with van der Waals surface area (Å²) in [7, 11) is -6.22. The smallest absolute Gasteiger partial charge is 0.261 e. The van der Waals surface area contributed by atoms with Gasteiger partial charge in [0.05, 0.1) is 11.0 Å². The second-order valence-electron chi connectivity index (χ2n) is 9.31. The Labute approximate surface area is 192 Å². The minimum absolute atomic E-state index is 0.148. The van der Waals surface area contributed by atoms with E-state index < -0.39 is 18.2 Å². The maximum atomic E-state index is 13.2. The van der Waals surface area contributed by atoms with Crippen LogP contribution in [0.2, 0.25) is 5.04 Å². The molecular weight excluding hydrogens is 432 g/mol. The Hall–Kier alpha value is -2.47. The minimum atomic E-state index is -3.50. The Balaban J connectivity index is 1.78. The van der Waals surface area contributed by atoms with Crippen LogP contribution in [0.5, 0.6) is 0 Å². The maximum absolute atomic E-state index is 13.2. The molecule has 0 N–H and O–H groups in total. The van der Waals surface area contributed by atoms with E-state index in [0.717, 1.165) is 0 Å². The summed E-state index contributed by atoms with van der Waals surface area (Å²) >= 11 is 0. The molecule has 1 aliphatic carbocycles. The normalized spacial score (nSPS) is 17.2. The highest BCUT2D eigenvalue weighted by Crippen LogP contribution is 2.40.